The van der Waals surface area contributed by atoms with Crippen LogP contribution in [0.25, 0.3) is 0 Å². The van der Waals surface area contributed by atoms with Crippen LogP contribution in [0.2, 0.25) is 0 Å². The van der Waals surface area contributed by atoms with Gasteiger partial charge in [0.1, 0.15) is 5.75 Å². The van der Waals surface area contributed by atoms with Gasteiger partial charge in [-0.3, -0.25) is 4.98 Å². The van der Waals surface area contributed by atoms with Gasteiger partial charge in [0.15, 0.2) is 0 Å². The first-order chi connectivity index (χ1) is 9.20. The standard InChI is InChI=1S/C15H24N2O2/c1-3-7-19-14-8-13(10-17-11-14)15(18)5-6-16-9-12(15)4-2/h8,10-12,16,18H,3-7,9H2,1-2H3. The summed E-state index contributed by atoms with van der Waals surface area (Å²) in [5, 5.41) is 14.4. The summed E-state index contributed by atoms with van der Waals surface area (Å²) >= 11 is 0. The Morgan fingerprint density at radius 2 is 2.32 bits per heavy atom. The first-order valence-electron chi connectivity index (χ1n) is 7.22. The molecule has 1 fully saturated rings. The molecule has 0 aromatic carbocycles. The van der Waals surface area contributed by atoms with Crippen LogP contribution in [0.5, 0.6) is 5.75 Å². The molecular formula is C15H24N2O2. The number of rotatable bonds is 5. The molecule has 4 heteroatoms. The minimum atomic E-state index is -0.779. The van der Waals surface area contributed by atoms with Gasteiger partial charge in [-0.2, -0.15) is 0 Å². The van der Waals surface area contributed by atoms with E-state index in [1.54, 1.807) is 12.4 Å². The average Bonchev–Trinajstić information content (AvgIpc) is 2.46. The molecule has 0 amide bonds. The molecule has 2 heterocycles. The van der Waals surface area contributed by atoms with Gasteiger partial charge in [0.05, 0.1) is 18.4 Å². The van der Waals surface area contributed by atoms with Gasteiger partial charge >= 0.3 is 0 Å². The van der Waals surface area contributed by atoms with E-state index in [9.17, 15) is 5.11 Å². The van der Waals surface area contributed by atoms with Crippen molar-refractivity contribution in [2.75, 3.05) is 19.7 Å². The molecule has 1 aromatic heterocycles. The molecule has 1 aromatic rings. The SMILES string of the molecule is CCCOc1cncc(C2(O)CCNCC2CC)c1. The second kappa shape index (κ2) is 6.35. The zero-order chi connectivity index (χ0) is 13.7. The summed E-state index contributed by atoms with van der Waals surface area (Å²) in [6, 6.07) is 1.94. The van der Waals surface area contributed by atoms with Crippen LogP contribution in [-0.4, -0.2) is 29.8 Å². The molecule has 4 nitrogen and oxygen atoms in total. The van der Waals surface area contributed by atoms with E-state index in [2.05, 4.69) is 24.1 Å². The summed E-state index contributed by atoms with van der Waals surface area (Å²) in [7, 11) is 0. The normalized spacial score (nSPS) is 27.2. The fraction of sp³-hybridized carbons (Fsp3) is 0.667. The number of hydrogen-bond acceptors (Lipinski definition) is 4. The van der Waals surface area contributed by atoms with E-state index in [0.29, 0.717) is 6.61 Å². The number of nitrogens with one attached hydrogen (secondary N) is 1. The van der Waals surface area contributed by atoms with Gasteiger partial charge in [0.25, 0.3) is 0 Å². The lowest BCUT2D eigenvalue weighted by atomic mass is 9.76. The Morgan fingerprint density at radius 3 is 3.05 bits per heavy atom. The zero-order valence-electron chi connectivity index (χ0n) is 11.9. The maximum atomic E-state index is 11.0. The number of aromatic nitrogens is 1. The Labute approximate surface area is 115 Å². The second-order valence-corrected chi connectivity index (χ2v) is 5.24. The Bertz CT molecular complexity index is 411. The minimum Gasteiger partial charge on any atom is -0.492 e. The number of piperidine rings is 1. The molecular weight excluding hydrogens is 240 g/mol. The van der Waals surface area contributed by atoms with E-state index < -0.39 is 5.60 Å². The maximum Gasteiger partial charge on any atom is 0.137 e. The number of pyridine rings is 1. The van der Waals surface area contributed by atoms with Crippen molar-refractivity contribution in [1.29, 1.82) is 0 Å². The van der Waals surface area contributed by atoms with Crippen molar-refractivity contribution in [1.82, 2.24) is 10.3 Å². The molecule has 19 heavy (non-hydrogen) atoms. The van der Waals surface area contributed by atoms with Crippen LogP contribution in [0, 0.1) is 5.92 Å². The number of aliphatic hydroxyl groups is 1. The lowest BCUT2D eigenvalue weighted by molar-refractivity contribution is -0.0482. The minimum absolute atomic E-state index is 0.226. The summed E-state index contributed by atoms with van der Waals surface area (Å²) in [5.41, 5.74) is 0.105. The average molecular weight is 264 g/mol. The van der Waals surface area contributed by atoms with Crippen molar-refractivity contribution in [2.24, 2.45) is 5.92 Å². The summed E-state index contributed by atoms with van der Waals surface area (Å²) in [4.78, 5) is 4.22. The predicted octanol–water partition coefficient (Wildman–Crippen LogP) is 2.08. The molecule has 0 spiro atoms. The lowest BCUT2D eigenvalue weighted by Gasteiger charge is -2.40. The van der Waals surface area contributed by atoms with Crippen molar-refractivity contribution in [2.45, 2.75) is 38.7 Å². The van der Waals surface area contributed by atoms with Crippen molar-refractivity contribution < 1.29 is 9.84 Å². The van der Waals surface area contributed by atoms with Gasteiger partial charge < -0.3 is 15.2 Å². The summed E-state index contributed by atoms with van der Waals surface area (Å²) in [6.45, 7) is 6.57. The van der Waals surface area contributed by atoms with E-state index >= 15 is 0 Å². The predicted molar refractivity (Wildman–Crippen MR) is 75.2 cm³/mol. The molecule has 1 saturated heterocycles. The van der Waals surface area contributed by atoms with Crippen LogP contribution < -0.4 is 10.1 Å². The first-order valence-corrected chi connectivity index (χ1v) is 7.22. The van der Waals surface area contributed by atoms with E-state index in [-0.39, 0.29) is 5.92 Å². The quantitative estimate of drug-likeness (QED) is 0.855. The second-order valence-electron chi connectivity index (χ2n) is 5.24. The number of hydrogen-bond donors (Lipinski definition) is 2. The van der Waals surface area contributed by atoms with Gasteiger partial charge in [-0.25, -0.2) is 0 Å². The molecule has 0 radical (unpaired) electrons. The fourth-order valence-corrected chi connectivity index (χ4v) is 2.74. The molecule has 2 atom stereocenters. The first kappa shape index (κ1) is 14.3. The Kier molecular flexibility index (Phi) is 4.77. The van der Waals surface area contributed by atoms with Crippen LogP contribution in [0.15, 0.2) is 18.5 Å². The molecule has 1 aliphatic rings. The highest BCUT2D eigenvalue weighted by atomic mass is 16.5. The molecule has 1 aliphatic heterocycles. The van der Waals surface area contributed by atoms with Crippen LogP contribution in [0.1, 0.15) is 38.7 Å². The van der Waals surface area contributed by atoms with Gasteiger partial charge in [-0.05, 0) is 31.9 Å². The summed E-state index contributed by atoms with van der Waals surface area (Å²) in [5.74, 6) is 0.977. The summed E-state index contributed by atoms with van der Waals surface area (Å²) < 4.78 is 5.61. The zero-order valence-corrected chi connectivity index (χ0v) is 11.9. The Morgan fingerprint density at radius 1 is 1.47 bits per heavy atom. The molecule has 0 bridgehead atoms. The Balaban J connectivity index is 2.23. The van der Waals surface area contributed by atoms with Gasteiger partial charge in [0, 0.05) is 24.2 Å². The van der Waals surface area contributed by atoms with Crippen molar-refractivity contribution in [3.8, 4) is 5.75 Å². The van der Waals surface area contributed by atoms with Gasteiger partial charge in [0.2, 0.25) is 0 Å². The van der Waals surface area contributed by atoms with E-state index in [0.717, 1.165) is 43.7 Å². The van der Waals surface area contributed by atoms with Crippen LogP contribution in [0.4, 0.5) is 0 Å². The molecule has 0 aliphatic carbocycles. The third-order valence-electron chi connectivity index (χ3n) is 3.93. The molecule has 2 N–H and O–H groups in total. The van der Waals surface area contributed by atoms with Crippen molar-refractivity contribution >= 4 is 0 Å². The number of ether oxygens (including phenoxy) is 1. The lowest BCUT2D eigenvalue weighted by Crippen LogP contribution is -2.47. The maximum absolute atomic E-state index is 11.0. The monoisotopic (exact) mass is 264 g/mol. The van der Waals surface area contributed by atoms with E-state index in [4.69, 9.17) is 4.74 Å². The van der Waals surface area contributed by atoms with Crippen LogP contribution in [-0.2, 0) is 5.60 Å². The third kappa shape index (κ3) is 3.07. The van der Waals surface area contributed by atoms with Gasteiger partial charge in [-0.15, -0.1) is 0 Å². The topological polar surface area (TPSA) is 54.4 Å². The summed E-state index contributed by atoms with van der Waals surface area (Å²) in [6.07, 6.45) is 6.13. The Hall–Kier alpha value is -1.13. The highest BCUT2D eigenvalue weighted by Crippen LogP contribution is 2.37. The highest BCUT2D eigenvalue weighted by Gasteiger charge is 2.39. The van der Waals surface area contributed by atoms with E-state index in [1.165, 1.54) is 0 Å². The molecule has 106 valence electrons. The molecule has 2 unspecified atom stereocenters. The fourth-order valence-electron chi connectivity index (χ4n) is 2.74. The van der Waals surface area contributed by atoms with Crippen LogP contribution >= 0.6 is 0 Å². The smallest absolute Gasteiger partial charge is 0.137 e. The highest BCUT2D eigenvalue weighted by molar-refractivity contribution is 5.29. The van der Waals surface area contributed by atoms with Crippen molar-refractivity contribution in [3.63, 3.8) is 0 Å². The van der Waals surface area contributed by atoms with Crippen LogP contribution in [0.3, 0.4) is 0 Å². The molecule has 0 saturated carbocycles. The molecule has 2 rings (SSSR count). The van der Waals surface area contributed by atoms with E-state index in [1.807, 2.05) is 6.07 Å². The van der Waals surface area contributed by atoms with Gasteiger partial charge in [-0.1, -0.05) is 13.8 Å². The third-order valence-corrected chi connectivity index (χ3v) is 3.93. The largest absolute Gasteiger partial charge is 0.492 e. The number of nitrogens with zero attached hydrogens (tertiary/aromatic N) is 1. The van der Waals surface area contributed by atoms with Crippen molar-refractivity contribution in [3.05, 3.63) is 24.0 Å².